The SMILES string of the molecule is CNc1cc(C)nc([C@H]2CN(C(=O)c3cccc(F)c3)CCO2)c1. The van der Waals surface area contributed by atoms with Crippen LogP contribution < -0.4 is 5.32 Å². The maximum absolute atomic E-state index is 13.4. The maximum atomic E-state index is 13.4. The molecule has 1 aliphatic heterocycles. The van der Waals surface area contributed by atoms with Crippen LogP contribution in [0.2, 0.25) is 0 Å². The second-order valence-corrected chi connectivity index (χ2v) is 5.79. The number of carbonyl (C=O) groups excluding carboxylic acids is 1. The number of rotatable bonds is 3. The second kappa shape index (κ2) is 6.97. The monoisotopic (exact) mass is 329 g/mol. The molecule has 0 aliphatic carbocycles. The molecule has 1 aliphatic rings. The van der Waals surface area contributed by atoms with Crippen molar-refractivity contribution in [3.8, 4) is 0 Å². The molecule has 1 amide bonds. The number of carbonyl (C=O) groups is 1. The van der Waals surface area contributed by atoms with E-state index in [2.05, 4.69) is 10.3 Å². The van der Waals surface area contributed by atoms with Gasteiger partial charge in [0.05, 0.1) is 18.8 Å². The third kappa shape index (κ3) is 3.54. The number of anilines is 1. The summed E-state index contributed by atoms with van der Waals surface area (Å²) in [5.41, 5.74) is 2.98. The molecule has 0 unspecified atom stereocenters. The molecule has 1 N–H and O–H groups in total. The molecule has 1 aromatic heterocycles. The maximum Gasteiger partial charge on any atom is 0.254 e. The van der Waals surface area contributed by atoms with Gasteiger partial charge in [-0.25, -0.2) is 4.39 Å². The van der Waals surface area contributed by atoms with Gasteiger partial charge in [0, 0.05) is 30.5 Å². The molecule has 2 aromatic rings. The fourth-order valence-electron chi connectivity index (χ4n) is 2.82. The van der Waals surface area contributed by atoms with E-state index in [4.69, 9.17) is 4.74 Å². The van der Waals surface area contributed by atoms with Crippen LogP contribution in [0.4, 0.5) is 10.1 Å². The van der Waals surface area contributed by atoms with Crippen molar-refractivity contribution in [3.63, 3.8) is 0 Å². The average molecular weight is 329 g/mol. The summed E-state index contributed by atoms with van der Waals surface area (Å²) in [5.74, 6) is -0.603. The van der Waals surface area contributed by atoms with Crippen molar-refractivity contribution in [2.45, 2.75) is 13.0 Å². The lowest BCUT2D eigenvalue weighted by molar-refractivity contribution is -0.0247. The predicted octanol–water partition coefficient (Wildman–Crippen LogP) is 2.78. The van der Waals surface area contributed by atoms with Gasteiger partial charge in [0.25, 0.3) is 5.91 Å². The fourth-order valence-corrected chi connectivity index (χ4v) is 2.82. The van der Waals surface area contributed by atoms with Gasteiger partial charge in [0.15, 0.2) is 0 Å². The second-order valence-electron chi connectivity index (χ2n) is 5.79. The van der Waals surface area contributed by atoms with Crippen LogP contribution in [-0.4, -0.2) is 42.5 Å². The summed E-state index contributed by atoms with van der Waals surface area (Å²) in [5, 5.41) is 3.10. The Bertz CT molecular complexity index is 751. The van der Waals surface area contributed by atoms with Crippen molar-refractivity contribution in [1.82, 2.24) is 9.88 Å². The first kappa shape index (κ1) is 16.4. The zero-order valence-electron chi connectivity index (χ0n) is 13.8. The molecule has 5 nitrogen and oxygen atoms in total. The molecule has 1 atom stereocenters. The van der Waals surface area contributed by atoms with Crippen LogP contribution in [-0.2, 0) is 4.74 Å². The third-order valence-electron chi connectivity index (χ3n) is 4.02. The van der Waals surface area contributed by atoms with Gasteiger partial charge >= 0.3 is 0 Å². The number of ether oxygens (including phenoxy) is 1. The summed E-state index contributed by atoms with van der Waals surface area (Å²) < 4.78 is 19.2. The van der Waals surface area contributed by atoms with E-state index in [1.54, 1.807) is 17.0 Å². The number of aryl methyl sites for hydroxylation is 1. The van der Waals surface area contributed by atoms with Gasteiger partial charge in [-0.2, -0.15) is 0 Å². The van der Waals surface area contributed by atoms with Crippen LogP contribution in [0, 0.1) is 12.7 Å². The number of pyridine rings is 1. The highest BCUT2D eigenvalue weighted by molar-refractivity contribution is 5.94. The van der Waals surface area contributed by atoms with Crippen molar-refractivity contribution in [3.05, 3.63) is 59.2 Å². The van der Waals surface area contributed by atoms with E-state index in [0.717, 1.165) is 17.1 Å². The minimum Gasteiger partial charge on any atom is -0.388 e. The number of hydrogen-bond acceptors (Lipinski definition) is 4. The predicted molar refractivity (Wildman–Crippen MR) is 89.5 cm³/mol. The molecular formula is C18H20FN3O2. The van der Waals surface area contributed by atoms with Crippen molar-refractivity contribution in [2.75, 3.05) is 32.1 Å². The van der Waals surface area contributed by atoms with Crippen LogP contribution in [0.15, 0.2) is 36.4 Å². The zero-order chi connectivity index (χ0) is 17.1. The molecule has 0 saturated carbocycles. The molecule has 126 valence electrons. The zero-order valence-corrected chi connectivity index (χ0v) is 13.8. The molecule has 1 aromatic carbocycles. The molecule has 24 heavy (non-hydrogen) atoms. The first-order chi connectivity index (χ1) is 11.6. The summed E-state index contributed by atoms with van der Waals surface area (Å²) in [7, 11) is 1.85. The highest BCUT2D eigenvalue weighted by atomic mass is 19.1. The van der Waals surface area contributed by atoms with Crippen molar-refractivity contribution >= 4 is 11.6 Å². The van der Waals surface area contributed by atoms with Gasteiger partial charge in [-0.3, -0.25) is 9.78 Å². The summed E-state index contributed by atoms with van der Waals surface area (Å²) in [6, 6.07) is 9.63. The van der Waals surface area contributed by atoms with Gasteiger partial charge in [0.1, 0.15) is 11.9 Å². The van der Waals surface area contributed by atoms with Crippen LogP contribution >= 0.6 is 0 Å². The highest BCUT2D eigenvalue weighted by Gasteiger charge is 2.27. The molecule has 2 heterocycles. The third-order valence-corrected chi connectivity index (χ3v) is 4.02. The van der Waals surface area contributed by atoms with E-state index in [-0.39, 0.29) is 12.0 Å². The van der Waals surface area contributed by atoms with Crippen LogP contribution in [0.1, 0.15) is 27.8 Å². The van der Waals surface area contributed by atoms with E-state index in [0.29, 0.717) is 25.3 Å². The first-order valence-corrected chi connectivity index (χ1v) is 7.89. The van der Waals surface area contributed by atoms with E-state index >= 15 is 0 Å². The molecular weight excluding hydrogens is 309 g/mol. The summed E-state index contributed by atoms with van der Waals surface area (Å²) >= 11 is 0. The highest BCUT2D eigenvalue weighted by Crippen LogP contribution is 2.24. The van der Waals surface area contributed by atoms with Gasteiger partial charge in [-0.15, -0.1) is 0 Å². The fraction of sp³-hybridized carbons (Fsp3) is 0.333. The van der Waals surface area contributed by atoms with Crippen LogP contribution in [0.5, 0.6) is 0 Å². The van der Waals surface area contributed by atoms with E-state index in [9.17, 15) is 9.18 Å². The van der Waals surface area contributed by atoms with Gasteiger partial charge in [0.2, 0.25) is 0 Å². The molecule has 0 spiro atoms. The number of nitrogens with one attached hydrogen (secondary N) is 1. The van der Waals surface area contributed by atoms with Gasteiger partial charge in [-0.1, -0.05) is 6.07 Å². The lowest BCUT2D eigenvalue weighted by Crippen LogP contribution is -2.42. The lowest BCUT2D eigenvalue weighted by Gasteiger charge is -2.33. The Balaban J connectivity index is 1.79. The molecule has 0 bridgehead atoms. The minimum atomic E-state index is -0.412. The standard InChI is InChI=1S/C18H20FN3O2/c1-12-8-15(20-2)10-16(21-12)17-11-22(6-7-24-17)18(23)13-4-3-5-14(19)9-13/h3-5,8-10,17H,6-7,11H2,1-2H3,(H,20,21)/t17-/m1/s1. The normalized spacial score (nSPS) is 17.6. The lowest BCUT2D eigenvalue weighted by atomic mass is 10.1. The van der Waals surface area contributed by atoms with Crippen molar-refractivity contribution in [2.24, 2.45) is 0 Å². The minimum absolute atomic E-state index is 0.190. The van der Waals surface area contributed by atoms with E-state index in [1.165, 1.54) is 12.1 Å². The molecule has 3 rings (SSSR count). The number of benzene rings is 1. The Morgan fingerprint density at radius 1 is 1.38 bits per heavy atom. The van der Waals surface area contributed by atoms with Crippen molar-refractivity contribution < 1.29 is 13.9 Å². The molecule has 1 fully saturated rings. The number of hydrogen-bond donors (Lipinski definition) is 1. The molecule has 0 radical (unpaired) electrons. The van der Waals surface area contributed by atoms with E-state index in [1.807, 2.05) is 26.1 Å². The Labute approximate surface area is 140 Å². The quantitative estimate of drug-likeness (QED) is 0.941. The summed E-state index contributed by atoms with van der Waals surface area (Å²) in [4.78, 5) is 18.8. The van der Waals surface area contributed by atoms with Crippen molar-refractivity contribution in [1.29, 1.82) is 0 Å². The molecule has 1 saturated heterocycles. The van der Waals surface area contributed by atoms with Gasteiger partial charge in [-0.05, 0) is 37.3 Å². The number of aromatic nitrogens is 1. The summed E-state index contributed by atoms with van der Waals surface area (Å²) in [6.07, 6.45) is -0.289. The van der Waals surface area contributed by atoms with Crippen LogP contribution in [0.25, 0.3) is 0 Å². The number of halogens is 1. The Hall–Kier alpha value is -2.47. The first-order valence-electron chi connectivity index (χ1n) is 7.89. The van der Waals surface area contributed by atoms with Crippen LogP contribution in [0.3, 0.4) is 0 Å². The number of amides is 1. The van der Waals surface area contributed by atoms with E-state index < -0.39 is 5.82 Å². The smallest absolute Gasteiger partial charge is 0.254 e. The Morgan fingerprint density at radius 2 is 2.21 bits per heavy atom. The largest absolute Gasteiger partial charge is 0.388 e. The number of morpholine rings is 1. The molecule has 6 heteroatoms. The number of nitrogens with zero attached hydrogens (tertiary/aromatic N) is 2. The topological polar surface area (TPSA) is 54.5 Å². The van der Waals surface area contributed by atoms with Gasteiger partial charge < -0.3 is 15.0 Å². The Kier molecular flexibility index (Phi) is 4.76. The average Bonchev–Trinajstić information content (AvgIpc) is 2.60. The summed E-state index contributed by atoms with van der Waals surface area (Å²) in [6.45, 7) is 3.23. The Morgan fingerprint density at radius 3 is 2.96 bits per heavy atom.